The molecule has 0 bridgehead atoms. The highest BCUT2D eigenvalue weighted by Crippen LogP contribution is 2.18. The van der Waals surface area contributed by atoms with Crippen LogP contribution in [0, 0.1) is 0 Å². The van der Waals surface area contributed by atoms with Gasteiger partial charge in [-0.25, -0.2) is 0 Å². The van der Waals surface area contributed by atoms with Crippen LogP contribution in [0.5, 0.6) is 0 Å². The summed E-state index contributed by atoms with van der Waals surface area (Å²) in [6, 6.07) is -0.637. The average Bonchev–Trinajstić information content (AvgIpc) is 3.33. The molecule has 0 heterocycles. The minimum atomic E-state index is -0.860. The fourth-order valence-electron chi connectivity index (χ4n) is 9.97. The molecule has 0 aliphatic heterocycles. The molecule has 2 atom stereocenters. The predicted molar refractivity (Wildman–Crippen MR) is 299 cm³/mol. The van der Waals surface area contributed by atoms with Crippen LogP contribution in [0.4, 0.5) is 0 Å². The summed E-state index contributed by atoms with van der Waals surface area (Å²) in [7, 11) is 0. The lowest BCUT2D eigenvalue weighted by Crippen LogP contribution is -2.45. The topological polar surface area (TPSA) is 69.6 Å². The average molecular weight is 943 g/mol. The predicted octanol–water partition coefficient (Wildman–Crippen LogP) is 20.7. The second-order valence-corrected chi connectivity index (χ2v) is 21.5. The quantitative estimate of drug-likeness (QED) is 0.0420. The Labute approximate surface area is 421 Å². The molecule has 0 rings (SSSR count). The first-order valence-electron chi connectivity index (χ1n) is 31.1. The third-order valence-corrected chi connectivity index (χ3v) is 14.7. The van der Waals surface area contributed by atoms with E-state index in [2.05, 4.69) is 31.3 Å². The Kier molecular flexibility index (Phi) is 58.2. The van der Waals surface area contributed by atoms with Crippen molar-refractivity contribution >= 4 is 5.91 Å². The van der Waals surface area contributed by atoms with E-state index in [1.165, 1.54) is 302 Å². The van der Waals surface area contributed by atoms with Gasteiger partial charge in [0, 0.05) is 6.42 Å². The van der Waals surface area contributed by atoms with Crippen LogP contribution < -0.4 is 5.32 Å². The molecule has 2 unspecified atom stereocenters. The maximum atomic E-state index is 12.5. The summed E-state index contributed by atoms with van der Waals surface area (Å²) < 4.78 is 0. The summed E-state index contributed by atoms with van der Waals surface area (Å²) >= 11 is 0. The number of hydrogen-bond acceptors (Lipinski definition) is 3. The van der Waals surface area contributed by atoms with E-state index in [9.17, 15) is 15.0 Å². The maximum Gasteiger partial charge on any atom is 0.220 e. The third-order valence-electron chi connectivity index (χ3n) is 14.7. The minimum Gasteiger partial charge on any atom is -0.394 e. The van der Waals surface area contributed by atoms with E-state index in [0.29, 0.717) is 6.42 Å². The Morgan fingerprint density at radius 2 is 0.582 bits per heavy atom. The van der Waals surface area contributed by atoms with Crippen LogP contribution in [0.3, 0.4) is 0 Å². The van der Waals surface area contributed by atoms with Crippen molar-refractivity contribution in [2.45, 2.75) is 366 Å². The number of aliphatic hydroxyl groups excluding tert-OH is 2. The lowest BCUT2D eigenvalue weighted by Gasteiger charge is -2.19. The van der Waals surface area contributed by atoms with Crippen molar-refractivity contribution in [1.29, 1.82) is 0 Å². The van der Waals surface area contributed by atoms with Gasteiger partial charge in [-0.15, -0.1) is 0 Å². The molecule has 398 valence electrons. The van der Waals surface area contributed by atoms with Crippen molar-refractivity contribution in [3.63, 3.8) is 0 Å². The second-order valence-electron chi connectivity index (χ2n) is 21.5. The van der Waals surface area contributed by atoms with Crippen molar-refractivity contribution in [3.8, 4) is 0 Å². The Hall–Kier alpha value is -1.13. The standard InChI is InChI=1S/C63H123NO3/c1-3-5-7-9-11-13-15-17-19-21-23-25-27-29-31-33-34-36-38-40-42-44-46-48-50-52-54-56-58-62(66)61(60-65)64-63(67)59-57-55-53-51-49-47-45-43-41-39-37-35-32-30-28-26-24-22-20-18-16-14-12-10-8-6-4-2/h48,50,56,58,61-62,65-66H,3-47,49,51-55,57,59-60H2,1-2H3,(H,64,67)/b50-48+,58-56+. The Bertz CT molecular complexity index is 978. The number of nitrogens with one attached hydrogen (secondary N) is 1. The van der Waals surface area contributed by atoms with Crippen molar-refractivity contribution in [3.05, 3.63) is 24.3 Å². The van der Waals surface area contributed by atoms with Crippen LogP contribution in [0.15, 0.2) is 24.3 Å². The van der Waals surface area contributed by atoms with Crippen LogP contribution in [0.2, 0.25) is 0 Å². The van der Waals surface area contributed by atoms with Crippen LogP contribution in [0.1, 0.15) is 354 Å². The highest BCUT2D eigenvalue weighted by Gasteiger charge is 2.18. The molecule has 0 fully saturated rings. The molecule has 0 aliphatic carbocycles. The Morgan fingerprint density at radius 1 is 0.343 bits per heavy atom. The smallest absolute Gasteiger partial charge is 0.220 e. The molecule has 3 N–H and O–H groups in total. The second kappa shape index (κ2) is 59.2. The molecule has 0 spiro atoms. The summed E-state index contributed by atoms with van der Waals surface area (Å²) in [5, 5.41) is 23.2. The SMILES string of the molecule is CCCCCCCCCCCCCCCCCCCCCCCC/C=C/CC/C=C/C(O)C(CO)NC(=O)CCCCCCCCCCCCCCCCCCCCCCCCCCCCC. The Balaban J connectivity index is 3.46. The van der Waals surface area contributed by atoms with Gasteiger partial charge in [0.1, 0.15) is 0 Å². The molecule has 0 radical (unpaired) electrons. The summed E-state index contributed by atoms with van der Waals surface area (Å²) in [5.74, 6) is -0.0653. The van der Waals surface area contributed by atoms with Gasteiger partial charge >= 0.3 is 0 Å². The molecule has 4 heteroatoms. The number of allylic oxidation sites excluding steroid dienone is 3. The van der Waals surface area contributed by atoms with Gasteiger partial charge in [0.25, 0.3) is 0 Å². The lowest BCUT2D eigenvalue weighted by atomic mass is 10.0. The van der Waals surface area contributed by atoms with Gasteiger partial charge in [0.15, 0.2) is 0 Å². The molecule has 0 saturated heterocycles. The number of aliphatic hydroxyl groups is 2. The van der Waals surface area contributed by atoms with E-state index < -0.39 is 12.1 Å². The molecule has 0 aromatic rings. The van der Waals surface area contributed by atoms with E-state index in [4.69, 9.17) is 0 Å². The van der Waals surface area contributed by atoms with Crippen LogP contribution in [-0.4, -0.2) is 34.9 Å². The number of unbranched alkanes of at least 4 members (excludes halogenated alkanes) is 49. The van der Waals surface area contributed by atoms with Gasteiger partial charge in [0.2, 0.25) is 5.91 Å². The summed E-state index contributed by atoms with van der Waals surface area (Å²) in [6.07, 6.45) is 79.5. The van der Waals surface area contributed by atoms with Gasteiger partial charge in [0.05, 0.1) is 18.8 Å². The monoisotopic (exact) mass is 942 g/mol. The number of hydrogen-bond donors (Lipinski definition) is 3. The molecule has 0 saturated carbocycles. The Morgan fingerprint density at radius 3 is 0.866 bits per heavy atom. The number of amides is 1. The van der Waals surface area contributed by atoms with Crippen LogP contribution >= 0.6 is 0 Å². The summed E-state index contributed by atoms with van der Waals surface area (Å²) in [5.41, 5.74) is 0. The zero-order valence-corrected chi connectivity index (χ0v) is 46.0. The van der Waals surface area contributed by atoms with Crippen molar-refractivity contribution in [2.75, 3.05) is 6.61 Å². The van der Waals surface area contributed by atoms with Crippen LogP contribution in [0.25, 0.3) is 0 Å². The van der Waals surface area contributed by atoms with Gasteiger partial charge in [-0.3, -0.25) is 4.79 Å². The molecular formula is C63H123NO3. The van der Waals surface area contributed by atoms with Gasteiger partial charge in [-0.2, -0.15) is 0 Å². The fourth-order valence-corrected chi connectivity index (χ4v) is 9.97. The van der Waals surface area contributed by atoms with E-state index in [1.54, 1.807) is 6.08 Å². The molecule has 0 aliphatic rings. The molecule has 4 nitrogen and oxygen atoms in total. The zero-order chi connectivity index (χ0) is 48.5. The molecule has 1 amide bonds. The van der Waals surface area contributed by atoms with E-state index >= 15 is 0 Å². The van der Waals surface area contributed by atoms with Crippen molar-refractivity contribution in [1.82, 2.24) is 5.32 Å². The number of carbonyl (C=O) groups excluding carboxylic acids is 1. The van der Waals surface area contributed by atoms with Gasteiger partial charge in [-0.1, -0.05) is 340 Å². The lowest BCUT2D eigenvalue weighted by molar-refractivity contribution is -0.123. The highest BCUT2D eigenvalue weighted by atomic mass is 16.3. The molecular weight excluding hydrogens is 819 g/mol. The normalized spacial score (nSPS) is 12.8. The first-order chi connectivity index (χ1) is 33.2. The fraction of sp³-hybridized carbons (Fsp3) is 0.921. The van der Waals surface area contributed by atoms with Crippen molar-refractivity contribution in [2.24, 2.45) is 0 Å². The molecule has 0 aromatic heterocycles. The molecule has 67 heavy (non-hydrogen) atoms. The summed E-state index contributed by atoms with van der Waals surface area (Å²) in [6.45, 7) is 4.35. The first-order valence-corrected chi connectivity index (χ1v) is 31.1. The van der Waals surface area contributed by atoms with Crippen LogP contribution in [-0.2, 0) is 4.79 Å². The maximum absolute atomic E-state index is 12.5. The van der Waals surface area contributed by atoms with Crippen molar-refractivity contribution < 1.29 is 15.0 Å². The van der Waals surface area contributed by atoms with Gasteiger partial charge in [-0.05, 0) is 32.1 Å². The van der Waals surface area contributed by atoms with E-state index in [-0.39, 0.29) is 12.5 Å². The first kappa shape index (κ1) is 65.9. The number of rotatable bonds is 58. The highest BCUT2D eigenvalue weighted by molar-refractivity contribution is 5.76. The molecule has 0 aromatic carbocycles. The number of carbonyl (C=O) groups is 1. The summed E-state index contributed by atoms with van der Waals surface area (Å²) in [4.78, 5) is 12.5. The van der Waals surface area contributed by atoms with Gasteiger partial charge < -0.3 is 15.5 Å². The van der Waals surface area contributed by atoms with E-state index in [0.717, 1.165) is 32.1 Å². The zero-order valence-electron chi connectivity index (χ0n) is 46.0. The minimum absolute atomic E-state index is 0.0653. The third kappa shape index (κ3) is 55.7. The largest absolute Gasteiger partial charge is 0.394 e. The van der Waals surface area contributed by atoms with E-state index in [1.807, 2.05) is 6.08 Å².